The molecule has 0 bridgehead atoms. The molecule has 0 fully saturated rings. The van der Waals surface area contributed by atoms with Gasteiger partial charge in [-0.05, 0) is 71.5 Å². The molecule has 7 heteroatoms. The lowest BCUT2D eigenvalue weighted by Gasteiger charge is -2.09. The van der Waals surface area contributed by atoms with Crippen LogP contribution in [0.25, 0.3) is 0 Å². The fourth-order valence-corrected chi connectivity index (χ4v) is 2.84. The summed E-state index contributed by atoms with van der Waals surface area (Å²) in [5.41, 5.74) is 1.94. The molecular weight excluding hydrogens is 425 g/mol. The number of ether oxygens (including phenoxy) is 3. The highest BCUT2D eigenvalue weighted by Crippen LogP contribution is 2.32. The van der Waals surface area contributed by atoms with E-state index < -0.39 is 11.9 Å². The monoisotopic (exact) mass is 439 g/mol. The van der Waals surface area contributed by atoms with Crippen LogP contribution in [0.4, 0.5) is 5.69 Å². The van der Waals surface area contributed by atoms with Gasteiger partial charge in [-0.2, -0.15) is 0 Å². The van der Waals surface area contributed by atoms with E-state index >= 15 is 0 Å². The van der Waals surface area contributed by atoms with Crippen LogP contribution in [0.2, 0.25) is 0 Å². The first kappa shape index (κ1) is 16.6. The van der Waals surface area contributed by atoms with Crippen molar-refractivity contribution in [2.45, 2.75) is 6.92 Å². The highest BCUT2D eigenvalue weighted by atomic mass is 127. The van der Waals surface area contributed by atoms with E-state index in [9.17, 15) is 9.59 Å². The van der Waals surface area contributed by atoms with Crippen molar-refractivity contribution in [3.63, 3.8) is 0 Å². The fraction of sp³-hybridized carbons (Fsp3) is 0.176. The number of fused-ring (bicyclic) bond motifs is 1. The lowest BCUT2D eigenvalue weighted by Crippen LogP contribution is -2.21. The number of carbonyl (C=O) groups excluding carboxylic acids is 2. The zero-order valence-corrected chi connectivity index (χ0v) is 15.0. The van der Waals surface area contributed by atoms with Crippen molar-refractivity contribution < 1.29 is 23.8 Å². The van der Waals surface area contributed by atoms with Crippen molar-refractivity contribution >= 4 is 40.2 Å². The molecular formula is C17H14INO5. The second-order valence-corrected chi connectivity index (χ2v) is 6.40. The Kier molecular flexibility index (Phi) is 4.89. The highest BCUT2D eigenvalue weighted by Gasteiger charge is 2.17. The average Bonchev–Trinajstić information content (AvgIpc) is 3.03. The van der Waals surface area contributed by atoms with Crippen LogP contribution in [0.15, 0.2) is 36.4 Å². The van der Waals surface area contributed by atoms with Crippen molar-refractivity contribution in [2.75, 3.05) is 18.7 Å². The van der Waals surface area contributed by atoms with E-state index in [-0.39, 0.29) is 13.4 Å². The molecule has 0 aromatic heterocycles. The third-order valence-electron chi connectivity index (χ3n) is 3.41. The van der Waals surface area contributed by atoms with Crippen molar-refractivity contribution in [1.29, 1.82) is 0 Å². The molecule has 3 rings (SSSR count). The van der Waals surface area contributed by atoms with Crippen LogP contribution in [-0.2, 0) is 9.53 Å². The molecule has 0 atom stereocenters. The van der Waals surface area contributed by atoms with Gasteiger partial charge in [0.15, 0.2) is 18.1 Å². The van der Waals surface area contributed by atoms with Gasteiger partial charge < -0.3 is 19.5 Å². The summed E-state index contributed by atoms with van der Waals surface area (Å²) in [5.74, 6) is 0.0816. The van der Waals surface area contributed by atoms with E-state index in [1.807, 2.05) is 25.1 Å². The Labute approximate surface area is 152 Å². The van der Waals surface area contributed by atoms with Gasteiger partial charge in [-0.15, -0.1) is 0 Å². The molecule has 2 aromatic rings. The predicted molar refractivity (Wildman–Crippen MR) is 95.4 cm³/mol. The number of amides is 1. The molecule has 1 aliphatic heterocycles. The third kappa shape index (κ3) is 3.78. The first-order chi connectivity index (χ1) is 11.5. The second kappa shape index (κ2) is 7.08. The van der Waals surface area contributed by atoms with Crippen molar-refractivity contribution in [3.8, 4) is 11.5 Å². The number of rotatable bonds is 4. The van der Waals surface area contributed by atoms with E-state index in [0.29, 0.717) is 22.7 Å². The first-order valence-corrected chi connectivity index (χ1v) is 8.23. The molecule has 2 aromatic carbocycles. The Morgan fingerprint density at radius 2 is 1.96 bits per heavy atom. The Balaban J connectivity index is 1.57. The van der Waals surface area contributed by atoms with E-state index in [0.717, 1.165) is 9.13 Å². The van der Waals surface area contributed by atoms with Gasteiger partial charge in [-0.1, -0.05) is 0 Å². The standard InChI is InChI=1S/C17H14INO5/c1-10-6-12(18)3-4-13(10)19-16(20)8-22-17(21)11-2-5-14-15(7-11)24-9-23-14/h2-7H,8-9H2,1H3,(H,19,20). The number of carbonyl (C=O) groups is 2. The van der Waals surface area contributed by atoms with Crippen LogP contribution < -0.4 is 14.8 Å². The molecule has 0 unspecified atom stereocenters. The van der Waals surface area contributed by atoms with E-state index in [1.54, 1.807) is 12.1 Å². The van der Waals surface area contributed by atoms with Gasteiger partial charge in [0.2, 0.25) is 6.79 Å². The number of aryl methyl sites for hydroxylation is 1. The predicted octanol–water partition coefficient (Wildman–Crippen LogP) is 3.12. The van der Waals surface area contributed by atoms with Crippen molar-refractivity contribution in [1.82, 2.24) is 0 Å². The Bertz CT molecular complexity index is 806. The largest absolute Gasteiger partial charge is 0.454 e. The summed E-state index contributed by atoms with van der Waals surface area (Å²) >= 11 is 2.20. The summed E-state index contributed by atoms with van der Waals surface area (Å²) in [6.07, 6.45) is 0. The van der Waals surface area contributed by atoms with Crippen molar-refractivity contribution in [2.24, 2.45) is 0 Å². The van der Waals surface area contributed by atoms with E-state index in [1.165, 1.54) is 6.07 Å². The Morgan fingerprint density at radius 3 is 2.75 bits per heavy atom. The molecule has 124 valence electrons. The quantitative estimate of drug-likeness (QED) is 0.586. The fourth-order valence-electron chi connectivity index (χ4n) is 2.19. The summed E-state index contributed by atoms with van der Waals surface area (Å²) in [7, 11) is 0. The zero-order chi connectivity index (χ0) is 17.1. The molecule has 0 radical (unpaired) electrons. The number of benzene rings is 2. The zero-order valence-electron chi connectivity index (χ0n) is 12.8. The summed E-state index contributed by atoms with van der Waals surface area (Å²) < 4.78 is 16.5. The molecule has 0 spiro atoms. The molecule has 0 aliphatic carbocycles. The SMILES string of the molecule is Cc1cc(I)ccc1NC(=O)COC(=O)c1ccc2c(c1)OCO2. The number of halogens is 1. The molecule has 0 saturated carbocycles. The highest BCUT2D eigenvalue weighted by molar-refractivity contribution is 14.1. The number of nitrogens with one attached hydrogen (secondary N) is 1. The Morgan fingerprint density at radius 1 is 1.17 bits per heavy atom. The van der Waals surface area contributed by atoms with Crippen LogP contribution in [0.1, 0.15) is 15.9 Å². The van der Waals surface area contributed by atoms with Gasteiger partial charge in [-0.3, -0.25) is 4.79 Å². The average molecular weight is 439 g/mol. The van der Waals surface area contributed by atoms with Crippen LogP contribution >= 0.6 is 22.6 Å². The molecule has 0 saturated heterocycles. The van der Waals surface area contributed by atoms with Gasteiger partial charge in [0.05, 0.1) is 5.56 Å². The third-order valence-corrected chi connectivity index (χ3v) is 4.08. The smallest absolute Gasteiger partial charge is 0.338 e. The van der Waals surface area contributed by atoms with Gasteiger partial charge in [0.25, 0.3) is 5.91 Å². The van der Waals surface area contributed by atoms with Gasteiger partial charge in [-0.25, -0.2) is 4.79 Å². The number of hydrogen-bond donors (Lipinski definition) is 1. The maximum absolute atomic E-state index is 12.0. The van der Waals surface area contributed by atoms with Crippen LogP contribution in [0.5, 0.6) is 11.5 Å². The van der Waals surface area contributed by atoms with E-state index in [2.05, 4.69) is 27.9 Å². The van der Waals surface area contributed by atoms with Crippen LogP contribution in [0.3, 0.4) is 0 Å². The van der Waals surface area contributed by atoms with Gasteiger partial charge >= 0.3 is 5.97 Å². The van der Waals surface area contributed by atoms with Crippen molar-refractivity contribution in [3.05, 3.63) is 51.1 Å². The topological polar surface area (TPSA) is 73.9 Å². The molecule has 1 N–H and O–H groups in total. The first-order valence-electron chi connectivity index (χ1n) is 7.16. The lowest BCUT2D eigenvalue weighted by atomic mass is 10.2. The number of anilines is 1. The molecule has 24 heavy (non-hydrogen) atoms. The minimum absolute atomic E-state index is 0.131. The number of hydrogen-bond acceptors (Lipinski definition) is 5. The summed E-state index contributed by atoms with van der Waals surface area (Å²) in [5, 5.41) is 2.72. The number of esters is 1. The lowest BCUT2D eigenvalue weighted by molar-refractivity contribution is -0.119. The summed E-state index contributed by atoms with van der Waals surface area (Å²) in [6, 6.07) is 10.4. The molecule has 6 nitrogen and oxygen atoms in total. The maximum atomic E-state index is 12.0. The molecule has 1 amide bonds. The summed E-state index contributed by atoms with van der Waals surface area (Å²) in [6.45, 7) is 1.67. The molecule has 1 aliphatic rings. The minimum atomic E-state index is -0.595. The van der Waals surface area contributed by atoms with Gasteiger partial charge in [0, 0.05) is 9.26 Å². The molecule has 1 heterocycles. The summed E-state index contributed by atoms with van der Waals surface area (Å²) in [4.78, 5) is 24.0. The second-order valence-electron chi connectivity index (χ2n) is 5.15. The Hall–Kier alpha value is -2.29. The van der Waals surface area contributed by atoms with Crippen LogP contribution in [0, 0.1) is 10.5 Å². The van der Waals surface area contributed by atoms with Crippen LogP contribution in [-0.4, -0.2) is 25.3 Å². The normalized spacial score (nSPS) is 11.9. The van der Waals surface area contributed by atoms with E-state index in [4.69, 9.17) is 14.2 Å². The van der Waals surface area contributed by atoms with Gasteiger partial charge in [0.1, 0.15) is 0 Å². The minimum Gasteiger partial charge on any atom is -0.454 e. The maximum Gasteiger partial charge on any atom is 0.338 e.